The van der Waals surface area contributed by atoms with Gasteiger partial charge in [0, 0.05) is 24.6 Å². The first-order valence-corrected chi connectivity index (χ1v) is 7.74. The number of esters is 2. The predicted molar refractivity (Wildman–Crippen MR) is 83.4 cm³/mol. The third kappa shape index (κ3) is 2.24. The van der Waals surface area contributed by atoms with Crippen LogP contribution in [0.25, 0.3) is 11.3 Å². The SMILES string of the molecule is COC(=O)c1c(N2C[C@@H]3COC(=O)[C@@H]3C2)noc1-c1ccccc1. The summed E-state index contributed by atoms with van der Waals surface area (Å²) in [6, 6.07) is 9.27. The minimum atomic E-state index is -0.510. The maximum atomic E-state index is 12.3. The number of anilines is 1. The molecule has 2 aliphatic heterocycles. The summed E-state index contributed by atoms with van der Waals surface area (Å²) < 4.78 is 15.4. The van der Waals surface area contributed by atoms with Gasteiger partial charge in [-0.3, -0.25) is 4.79 Å². The Bertz CT molecular complexity index is 786. The maximum absolute atomic E-state index is 12.3. The Balaban J connectivity index is 1.73. The van der Waals surface area contributed by atoms with E-state index in [2.05, 4.69) is 5.16 Å². The van der Waals surface area contributed by atoms with Crippen LogP contribution in [0.1, 0.15) is 10.4 Å². The van der Waals surface area contributed by atoms with E-state index in [1.807, 2.05) is 35.2 Å². The molecule has 24 heavy (non-hydrogen) atoms. The molecule has 4 rings (SSSR count). The lowest BCUT2D eigenvalue weighted by Crippen LogP contribution is -2.25. The van der Waals surface area contributed by atoms with Gasteiger partial charge < -0.3 is 18.9 Å². The van der Waals surface area contributed by atoms with E-state index in [0.717, 1.165) is 5.56 Å². The number of aromatic nitrogens is 1. The summed E-state index contributed by atoms with van der Waals surface area (Å²) >= 11 is 0. The Hall–Kier alpha value is -2.83. The Kier molecular flexibility index (Phi) is 3.48. The van der Waals surface area contributed by atoms with E-state index in [1.54, 1.807) is 0 Å². The quantitative estimate of drug-likeness (QED) is 0.794. The van der Waals surface area contributed by atoms with Crippen molar-refractivity contribution in [2.75, 3.05) is 31.7 Å². The number of ether oxygens (including phenoxy) is 2. The highest BCUT2D eigenvalue weighted by Crippen LogP contribution is 2.37. The van der Waals surface area contributed by atoms with Gasteiger partial charge in [0.25, 0.3) is 0 Å². The number of carbonyl (C=O) groups is 2. The van der Waals surface area contributed by atoms with Crippen LogP contribution in [0.2, 0.25) is 0 Å². The first-order chi connectivity index (χ1) is 11.7. The Morgan fingerprint density at radius 2 is 2.08 bits per heavy atom. The van der Waals surface area contributed by atoms with Crippen molar-refractivity contribution >= 4 is 17.8 Å². The number of fused-ring (bicyclic) bond motifs is 1. The van der Waals surface area contributed by atoms with E-state index in [0.29, 0.717) is 31.3 Å². The van der Waals surface area contributed by atoms with Gasteiger partial charge in [-0.15, -0.1) is 0 Å². The van der Waals surface area contributed by atoms with Crippen molar-refractivity contribution in [3.05, 3.63) is 35.9 Å². The van der Waals surface area contributed by atoms with Gasteiger partial charge in [0.05, 0.1) is 19.6 Å². The topological polar surface area (TPSA) is 81.9 Å². The third-order valence-corrected chi connectivity index (χ3v) is 4.58. The summed E-state index contributed by atoms with van der Waals surface area (Å²) in [4.78, 5) is 26.0. The van der Waals surface area contributed by atoms with E-state index in [4.69, 9.17) is 14.0 Å². The van der Waals surface area contributed by atoms with Gasteiger partial charge in [-0.05, 0) is 0 Å². The van der Waals surface area contributed by atoms with Gasteiger partial charge in [0.1, 0.15) is 0 Å². The maximum Gasteiger partial charge on any atom is 0.345 e. The molecule has 2 aromatic rings. The summed E-state index contributed by atoms with van der Waals surface area (Å²) in [6.07, 6.45) is 0. The second kappa shape index (κ2) is 5.67. The molecule has 7 heteroatoms. The van der Waals surface area contributed by atoms with Crippen LogP contribution in [0, 0.1) is 11.8 Å². The molecule has 7 nitrogen and oxygen atoms in total. The zero-order valence-electron chi connectivity index (χ0n) is 13.1. The normalized spacial score (nSPS) is 22.4. The van der Waals surface area contributed by atoms with Gasteiger partial charge >= 0.3 is 11.9 Å². The molecule has 2 atom stereocenters. The predicted octanol–water partition coefficient (Wildman–Crippen LogP) is 1.74. The number of carbonyl (C=O) groups excluding carboxylic acids is 2. The molecule has 124 valence electrons. The molecule has 0 radical (unpaired) electrons. The number of cyclic esters (lactones) is 1. The van der Waals surface area contributed by atoms with Gasteiger partial charge in [0.15, 0.2) is 17.1 Å². The van der Waals surface area contributed by atoms with Crippen molar-refractivity contribution < 1.29 is 23.6 Å². The zero-order chi connectivity index (χ0) is 16.7. The van der Waals surface area contributed by atoms with E-state index < -0.39 is 5.97 Å². The van der Waals surface area contributed by atoms with Crippen molar-refractivity contribution in [1.29, 1.82) is 0 Å². The number of nitrogens with zero attached hydrogens (tertiary/aromatic N) is 2. The molecule has 0 N–H and O–H groups in total. The molecule has 1 aromatic heterocycles. The number of benzene rings is 1. The van der Waals surface area contributed by atoms with E-state index in [9.17, 15) is 9.59 Å². The lowest BCUT2D eigenvalue weighted by atomic mass is 10.0. The largest absolute Gasteiger partial charge is 0.465 e. The highest BCUT2D eigenvalue weighted by molar-refractivity contribution is 6.01. The average molecular weight is 328 g/mol. The molecule has 0 spiro atoms. The second-order valence-electron chi connectivity index (χ2n) is 5.97. The molecule has 0 aliphatic carbocycles. The van der Waals surface area contributed by atoms with Crippen LogP contribution in [0.3, 0.4) is 0 Å². The summed E-state index contributed by atoms with van der Waals surface area (Å²) in [5, 5.41) is 4.09. The molecule has 0 saturated carbocycles. The molecule has 3 heterocycles. The van der Waals surface area contributed by atoms with Crippen molar-refractivity contribution in [3.63, 3.8) is 0 Å². The molecule has 0 unspecified atom stereocenters. The molecule has 2 saturated heterocycles. The van der Waals surface area contributed by atoms with E-state index >= 15 is 0 Å². The van der Waals surface area contributed by atoms with Crippen molar-refractivity contribution in [1.82, 2.24) is 5.16 Å². The summed E-state index contributed by atoms with van der Waals surface area (Å²) in [5.74, 6) is 0.0471. The molecular weight excluding hydrogens is 312 g/mol. The van der Waals surface area contributed by atoms with Crippen LogP contribution in [-0.2, 0) is 14.3 Å². The van der Waals surface area contributed by atoms with Gasteiger partial charge in [-0.1, -0.05) is 35.5 Å². The van der Waals surface area contributed by atoms with Crippen molar-refractivity contribution in [2.24, 2.45) is 11.8 Å². The molecule has 2 aliphatic rings. The van der Waals surface area contributed by atoms with Gasteiger partial charge in [0.2, 0.25) is 0 Å². The summed E-state index contributed by atoms with van der Waals surface area (Å²) in [5.41, 5.74) is 1.03. The summed E-state index contributed by atoms with van der Waals surface area (Å²) in [7, 11) is 1.32. The van der Waals surface area contributed by atoms with Crippen LogP contribution in [-0.4, -0.2) is 43.9 Å². The lowest BCUT2D eigenvalue weighted by Gasteiger charge is -2.16. The monoisotopic (exact) mass is 328 g/mol. The Morgan fingerprint density at radius 1 is 1.29 bits per heavy atom. The highest BCUT2D eigenvalue weighted by atomic mass is 16.5. The van der Waals surface area contributed by atoms with Gasteiger partial charge in [-0.2, -0.15) is 0 Å². The number of methoxy groups -OCH3 is 1. The smallest absolute Gasteiger partial charge is 0.345 e. The van der Waals surface area contributed by atoms with E-state index in [1.165, 1.54) is 7.11 Å². The molecule has 0 bridgehead atoms. The fourth-order valence-electron chi connectivity index (χ4n) is 3.35. The fourth-order valence-corrected chi connectivity index (χ4v) is 3.35. The van der Waals surface area contributed by atoms with Crippen LogP contribution in [0.4, 0.5) is 5.82 Å². The second-order valence-corrected chi connectivity index (χ2v) is 5.97. The molecule has 1 aromatic carbocycles. The lowest BCUT2D eigenvalue weighted by molar-refractivity contribution is -0.140. The van der Waals surface area contributed by atoms with Crippen LogP contribution >= 0.6 is 0 Å². The van der Waals surface area contributed by atoms with Crippen LogP contribution < -0.4 is 4.90 Å². The average Bonchev–Trinajstić information content (AvgIpc) is 3.30. The highest BCUT2D eigenvalue weighted by Gasteiger charge is 2.46. The van der Waals surface area contributed by atoms with Crippen molar-refractivity contribution in [3.8, 4) is 11.3 Å². The summed E-state index contributed by atoms with van der Waals surface area (Å²) in [6.45, 7) is 1.48. The van der Waals surface area contributed by atoms with Crippen LogP contribution in [0.5, 0.6) is 0 Å². The fraction of sp³-hybridized carbons (Fsp3) is 0.353. The minimum Gasteiger partial charge on any atom is -0.465 e. The number of hydrogen-bond acceptors (Lipinski definition) is 7. The Morgan fingerprint density at radius 3 is 2.79 bits per heavy atom. The minimum absolute atomic E-state index is 0.125. The van der Waals surface area contributed by atoms with Gasteiger partial charge in [-0.25, -0.2) is 4.79 Å². The Labute approximate surface area is 138 Å². The number of rotatable bonds is 3. The standard InChI is InChI=1S/C17H16N2O5/c1-22-17(21)13-14(10-5-3-2-4-6-10)24-18-15(13)19-7-11-9-23-16(20)12(11)8-19/h2-6,11-12H,7-9H2,1H3/t11-,12-/m1/s1. The molecule has 0 amide bonds. The van der Waals surface area contributed by atoms with E-state index in [-0.39, 0.29) is 23.4 Å². The van der Waals surface area contributed by atoms with Crippen LogP contribution in [0.15, 0.2) is 34.9 Å². The first-order valence-electron chi connectivity index (χ1n) is 7.74. The zero-order valence-corrected chi connectivity index (χ0v) is 13.1. The first kappa shape index (κ1) is 14.7. The molecular formula is C17H16N2O5. The number of hydrogen-bond donors (Lipinski definition) is 0. The molecule has 2 fully saturated rings. The third-order valence-electron chi connectivity index (χ3n) is 4.58. The van der Waals surface area contributed by atoms with Crippen molar-refractivity contribution in [2.45, 2.75) is 0 Å².